The Morgan fingerprint density at radius 2 is 2.00 bits per heavy atom. The Morgan fingerprint density at radius 1 is 1.28 bits per heavy atom. The van der Waals surface area contributed by atoms with Crippen LogP contribution in [-0.4, -0.2) is 10.9 Å². The molecule has 0 atom stereocenters. The molecule has 3 nitrogen and oxygen atoms in total. The quantitative estimate of drug-likeness (QED) is 0.894. The van der Waals surface area contributed by atoms with E-state index in [-0.39, 0.29) is 11.3 Å². The zero-order valence-corrected chi connectivity index (χ0v) is 11.5. The molecular weight excluding hydrogens is 244 g/mol. The molecule has 0 fully saturated rings. The summed E-state index contributed by atoms with van der Waals surface area (Å²) in [5.74, 6) is -0.159. The first-order valence-electron chi connectivity index (χ1n) is 5.77. The van der Waals surface area contributed by atoms with E-state index in [1.165, 1.54) is 11.3 Å². The Labute approximate surface area is 111 Å². The summed E-state index contributed by atoms with van der Waals surface area (Å²) in [6, 6.07) is 7.87. The van der Waals surface area contributed by atoms with Crippen molar-refractivity contribution in [3.8, 4) is 0 Å². The van der Waals surface area contributed by atoms with Crippen LogP contribution in [0.1, 0.15) is 36.8 Å². The normalized spacial score (nSPS) is 11.3. The number of carbonyl (C=O) groups is 1. The average Bonchev–Trinajstić information content (AvgIpc) is 2.81. The summed E-state index contributed by atoms with van der Waals surface area (Å²) in [4.78, 5) is 16.0. The molecule has 94 valence electrons. The van der Waals surface area contributed by atoms with Crippen molar-refractivity contribution >= 4 is 22.9 Å². The van der Waals surface area contributed by atoms with Crippen molar-refractivity contribution in [2.45, 2.75) is 26.2 Å². The monoisotopic (exact) mass is 260 g/mol. The molecule has 0 spiro atoms. The van der Waals surface area contributed by atoms with Gasteiger partial charge in [0.15, 0.2) is 0 Å². The molecule has 1 aromatic carbocycles. The van der Waals surface area contributed by atoms with Crippen LogP contribution < -0.4 is 5.32 Å². The molecular formula is C14H16N2OS. The lowest BCUT2D eigenvalue weighted by atomic mass is 9.86. The highest BCUT2D eigenvalue weighted by Crippen LogP contribution is 2.29. The van der Waals surface area contributed by atoms with Crippen LogP contribution in [0.15, 0.2) is 35.2 Å². The number of nitrogens with one attached hydrogen (secondary N) is 1. The van der Waals surface area contributed by atoms with Crippen LogP contribution in [0, 0.1) is 0 Å². The van der Waals surface area contributed by atoms with E-state index in [0.29, 0.717) is 5.69 Å². The van der Waals surface area contributed by atoms with Crippen molar-refractivity contribution in [3.05, 3.63) is 46.4 Å². The number of thiazole rings is 1. The Kier molecular flexibility index (Phi) is 3.48. The zero-order valence-electron chi connectivity index (χ0n) is 10.7. The Balaban J connectivity index is 2.27. The summed E-state index contributed by atoms with van der Waals surface area (Å²) < 4.78 is 0. The van der Waals surface area contributed by atoms with Crippen LogP contribution in [-0.2, 0) is 5.41 Å². The first-order valence-corrected chi connectivity index (χ1v) is 6.72. The highest BCUT2D eigenvalue weighted by atomic mass is 32.1. The molecule has 1 aromatic heterocycles. The van der Waals surface area contributed by atoms with E-state index in [9.17, 15) is 4.79 Å². The van der Waals surface area contributed by atoms with Crippen molar-refractivity contribution in [1.29, 1.82) is 0 Å². The highest BCUT2D eigenvalue weighted by molar-refractivity contribution is 7.07. The second-order valence-electron chi connectivity index (χ2n) is 5.12. The fourth-order valence-corrected chi connectivity index (χ4v) is 2.29. The van der Waals surface area contributed by atoms with Crippen LogP contribution in [0.3, 0.4) is 0 Å². The van der Waals surface area contributed by atoms with Crippen LogP contribution in [0.25, 0.3) is 0 Å². The highest BCUT2D eigenvalue weighted by Gasteiger charge is 2.19. The van der Waals surface area contributed by atoms with Gasteiger partial charge in [0.1, 0.15) is 5.69 Å². The van der Waals surface area contributed by atoms with Gasteiger partial charge < -0.3 is 5.32 Å². The van der Waals surface area contributed by atoms with E-state index < -0.39 is 0 Å². The van der Waals surface area contributed by atoms with Gasteiger partial charge in [-0.05, 0) is 17.0 Å². The van der Waals surface area contributed by atoms with Gasteiger partial charge in [0.25, 0.3) is 5.91 Å². The molecule has 0 aliphatic carbocycles. The molecule has 1 N–H and O–H groups in total. The number of anilines is 1. The molecule has 0 aliphatic heterocycles. The lowest BCUT2D eigenvalue weighted by molar-refractivity contribution is 0.102. The van der Waals surface area contributed by atoms with Gasteiger partial charge in [-0.2, -0.15) is 0 Å². The van der Waals surface area contributed by atoms with Gasteiger partial charge in [0, 0.05) is 11.1 Å². The van der Waals surface area contributed by atoms with Crippen LogP contribution >= 0.6 is 11.3 Å². The molecule has 0 radical (unpaired) electrons. The van der Waals surface area contributed by atoms with Crippen molar-refractivity contribution in [1.82, 2.24) is 4.98 Å². The Bertz CT molecular complexity index is 541. The molecule has 0 bridgehead atoms. The number of para-hydroxylation sites is 1. The van der Waals surface area contributed by atoms with Gasteiger partial charge in [0.2, 0.25) is 0 Å². The number of rotatable bonds is 2. The van der Waals surface area contributed by atoms with Crippen LogP contribution in [0.2, 0.25) is 0 Å². The van der Waals surface area contributed by atoms with Gasteiger partial charge in [0.05, 0.1) is 5.51 Å². The van der Waals surface area contributed by atoms with Crippen molar-refractivity contribution in [2.24, 2.45) is 0 Å². The third-order valence-corrected chi connectivity index (χ3v) is 3.23. The van der Waals surface area contributed by atoms with Crippen molar-refractivity contribution < 1.29 is 4.79 Å². The summed E-state index contributed by atoms with van der Waals surface area (Å²) in [6.07, 6.45) is 0. The maximum Gasteiger partial charge on any atom is 0.275 e. The van der Waals surface area contributed by atoms with Crippen molar-refractivity contribution in [3.63, 3.8) is 0 Å². The second kappa shape index (κ2) is 4.90. The minimum Gasteiger partial charge on any atom is -0.320 e. The van der Waals surface area contributed by atoms with Gasteiger partial charge in [-0.3, -0.25) is 4.79 Å². The number of nitrogens with zero attached hydrogens (tertiary/aromatic N) is 1. The summed E-state index contributed by atoms with van der Waals surface area (Å²) in [5, 5.41) is 4.67. The minimum atomic E-state index is -0.159. The number of amides is 1. The number of hydrogen-bond acceptors (Lipinski definition) is 3. The number of hydrogen-bond donors (Lipinski definition) is 1. The smallest absolute Gasteiger partial charge is 0.275 e. The number of benzene rings is 1. The van der Waals surface area contributed by atoms with Crippen LogP contribution in [0.4, 0.5) is 5.69 Å². The van der Waals surface area contributed by atoms with Gasteiger partial charge in [-0.15, -0.1) is 11.3 Å². The first-order chi connectivity index (χ1) is 8.48. The van der Waals surface area contributed by atoms with Gasteiger partial charge in [-0.25, -0.2) is 4.98 Å². The van der Waals surface area contributed by atoms with E-state index in [1.54, 1.807) is 10.9 Å². The lowest BCUT2D eigenvalue weighted by Crippen LogP contribution is -2.18. The minimum absolute atomic E-state index is 0.00799. The first kappa shape index (κ1) is 12.8. The standard InChI is InChI=1S/C14H16N2OS/c1-14(2,3)10-6-4-5-7-11(10)16-13(17)12-8-18-9-15-12/h4-9H,1-3H3,(H,16,17). The van der Waals surface area contributed by atoms with Gasteiger partial charge >= 0.3 is 0 Å². The van der Waals surface area contributed by atoms with Crippen molar-refractivity contribution in [2.75, 3.05) is 5.32 Å². The molecule has 2 rings (SSSR count). The van der Waals surface area contributed by atoms with E-state index in [4.69, 9.17) is 0 Å². The lowest BCUT2D eigenvalue weighted by Gasteiger charge is -2.22. The predicted molar refractivity (Wildman–Crippen MR) is 75.2 cm³/mol. The molecule has 0 saturated heterocycles. The zero-order chi connectivity index (χ0) is 13.2. The van der Waals surface area contributed by atoms with Crippen LogP contribution in [0.5, 0.6) is 0 Å². The summed E-state index contributed by atoms with van der Waals surface area (Å²) >= 11 is 1.42. The maximum atomic E-state index is 12.0. The topological polar surface area (TPSA) is 42.0 Å². The third-order valence-electron chi connectivity index (χ3n) is 2.65. The predicted octanol–water partition coefficient (Wildman–Crippen LogP) is 3.69. The summed E-state index contributed by atoms with van der Waals surface area (Å²) in [6.45, 7) is 6.38. The van der Waals surface area contributed by atoms with E-state index in [0.717, 1.165) is 11.3 Å². The molecule has 1 heterocycles. The third kappa shape index (κ3) is 2.76. The molecule has 18 heavy (non-hydrogen) atoms. The molecule has 0 aliphatic rings. The maximum absolute atomic E-state index is 12.0. The van der Waals surface area contributed by atoms with Gasteiger partial charge in [-0.1, -0.05) is 39.0 Å². The SMILES string of the molecule is CC(C)(C)c1ccccc1NC(=O)c1cscn1. The molecule has 1 amide bonds. The van der Waals surface area contributed by atoms with E-state index >= 15 is 0 Å². The molecule has 2 aromatic rings. The fraction of sp³-hybridized carbons (Fsp3) is 0.286. The Morgan fingerprint density at radius 3 is 2.61 bits per heavy atom. The molecule has 0 saturated carbocycles. The second-order valence-corrected chi connectivity index (χ2v) is 5.84. The van der Waals surface area contributed by atoms with E-state index in [1.807, 2.05) is 24.3 Å². The fourth-order valence-electron chi connectivity index (χ4n) is 1.76. The Hall–Kier alpha value is -1.68. The van der Waals surface area contributed by atoms with E-state index in [2.05, 4.69) is 31.1 Å². The molecule has 0 unspecified atom stereocenters. The largest absolute Gasteiger partial charge is 0.320 e. The summed E-state index contributed by atoms with van der Waals surface area (Å²) in [7, 11) is 0. The summed E-state index contributed by atoms with van der Waals surface area (Å²) in [5.41, 5.74) is 4.08. The molecule has 4 heteroatoms. The number of aromatic nitrogens is 1. The average molecular weight is 260 g/mol. The number of carbonyl (C=O) groups excluding carboxylic acids is 1.